The second-order valence-corrected chi connectivity index (χ2v) is 36.3. The van der Waals surface area contributed by atoms with Crippen molar-refractivity contribution in [3.8, 4) is 50.4 Å². The lowest BCUT2D eigenvalue weighted by atomic mass is 9.94. The molecule has 0 aliphatic carbocycles. The molecule has 640 valence electrons. The van der Waals surface area contributed by atoms with E-state index in [4.69, 9.17) is 4.42 Å². The molecule has 8 nitrogen and oxygen atoms in total. The van der Waals surface area contributed by atoms with Crippen molar-refractivity contribution in [2.24, 2.45) is 28.2 Å². The quantitative estimate of drug-likeness (QED) is 0.164. The van der Waals surface area contributed by atoms with Gasteiger partial charge in [0, 0.05) is 181 Å². The van der Waals surface area contributed by atoms with Crippen molar-refractivity contribution in [2.75, 3.05) is 0 Å². The van der Waals surface area contributed by atoms with Gasteiger partial charge in [0.1, 0.15) is 11.2 Å². The average molecular weight is 1740 g/mol. The minimum atomic E-state index is 0.980. The predicted octanol–water partition coefficient (Wildman–Crippen LogP) is 34.1. The number of para-hydroxylation sites is 8. The molecule has 0 saturated heterocycles. The van der Waals surface area contributed by atoms with E-state index >= 15 is 0 Å². The topological polar surface area (TPSA) is 47.6 Å². The van der Waals surface area contributed by atoms with Gasteiger partial charge in [0.15, 0.2) is 0 Å². The van der Waals surface area contributed by atoms with Crippen molar-refractivity contribution in [3.05, 3.63) is 455 Å². The molecule has 8 heterocycles. The van der Waals surface area contributed by atoms with Gasteiger partial charge in [-0.05, 0) is 218 Å². The molecule has 0 unspecified atom stereocenters. The van der Waals surface area contributed by atoms with E-state index in [1.807, 2.05) is 0 Å². The van der Waals surface area contributed by atoms with Crippen molar-refractivity contribution < 1.29 is 4.42 Å². The Bertz CT molecular complexity index is 10100. The lowest BCUT2D eigenvalue weighted by molar-refractivity contribution is 0.676. The van der Waals surface area contributed by atoms with E-state index in [-0.39, 0.29) is 0 Å². The molecule has 0 atom stereocenters. The molecule has 8 aromatic heterocycles. The van der Waals surface area contributed by atoms with E-state index in [0.29, 0.717) is 0 Å². The van der Waals surface area contributed by atoms with Crippen LogP contribution in [0, 0.1) is 0 Å². The fourth-order valence-corrected chi connectivity index (χ4v) is 22.8. The summed E-state index contributed by atoms with van der Waals surface area (Å²) in [6.07, 6.45) is 0. The van der Waals surface area contributed by atoms with E-state index in [1.54, 1.807) is 0 Å². The highest BCUT2D eigenvalue weighted by molar-refractivity contribution is 6.28. The van der Waals surface area contributed by atoms with Crippen LogP contribution in [0.5, 0.6) is 0 Å². The summed E-state index contributed by atoms with van der Waals surface area (Å²) < 4.78 is 22.8. The van der Waals surface area contributed by atoms with Gasteiger partial charge in [-0.25, -0.2) is 0 Å². The van der Waals surface area contributed by atoms with E-state index in [0.717, 1.165) is 11.2 Å². The zero-order chi connectivity index (χ0) is 90.1. The minimum absolute atomic E-state index is 0.980. The van der Waals surface area contributed by atoms with Crippen LogP contribution in [-0.4, -0.2) is 32.0 Å². The van der Waals surface area contributed by atoms with Crippen LogP contribution in [0.2, 0.25) is 0 Å². The highest BCUT2D eigenvalue weighted by atomic mass is 16.3. The van der Waals surface area contributed by atoms with Crippen molar-refractivity contribution >= 4 is 218 Å². The van der Waals surface area contributed by atoms with Crippen LogP contribution in [0.4, 0.5) is 0 Å². The highest BCUT2D eigenvalue weighted by Crippen LogP contribution is 2.48. The SMILES string of the molecule is Cn1c2ccccc2c2c3oc4c5ccccc5ccc4c3ccc21.Cn1c2ccccc2c2cc(-c3cc4c5ccccc5n(-c5ccccc5)c4c4ccccc34)ccc21.Cn1c2ccccc2c2cc(-c3ccc4c(c3)c3c5ccccc5ccc3n4-c3ccccc3)ccc21.Cn1c2ccccc2c2cc(-c3ccc4c(c3)c3ccc5ccccc5c3n4-c3ccccc3)ccc21. The maximum atomic E-state index is 6.49. The first-order chi connectivity index (χ1) is 67.2. The van der Waals surface area contributed by atoms with E-state index < -0.39 is 0 Å². The number of aryl methyl sites for hydroxylation is 4. The third-order valence-electron chi connectivity index (χ3n) is 29.1. The number of fused-ring (bicyclic) bond motifs is 33. The normalized spacial score (nSPS) is 12.0. The van der Waals surface area contributed by atoms with Gasteiger partial charge in [-0.2, -0.15) is 0 Å². The van der Waals surface area contributed by atoms with Crippen molar-refractivity contribution in [1.29, 1.82) is 0 Å². The molecular formula is C128H87N7O. The Morgan fingerprint density at radius 3 is 0.993 bits per heavy atom. The summed E-state index contributed by atoms with van der Waals surface area (Å²) in [4.78, 5) is 0. The van der Waals surface area contributed by atoms with Gasteiger partial charge >= 0.3 is 0 Å². The van der Waals surface area contributed by atoms with Crippen LogP contribution in [0.1, 0.15) is 0 Å². The zero-order valence-corrected chi connectivity index (χ0v) is 75.3. The fraction of sp³-hybridized carbons (Fsp3) is 0.0312. The van der Waals surface area contributed by atoms with Crippen molar-refractivity contribution in [2.45, 2.75) is 0 Å². The monoisotopic (exact) mass is 1740 g/mol. The Balaban J connectivity index is 0.0000000928. The van der Waals surface area contributed by atoms with Crippen molar-refractivity contribution in [3.63, 3.8) is 0 Å². The summed E-state index contributed by atoms with van der Waals surface area (Å²) in [5, 5.41) is 30.4. The Kier molecular flexibility index (Phi) is 17.8. The number of hydrogen-bond donors (Lipinski definition) is 0. The molecule has 0 aliphatic rings. The summed E-state index contributed by atoms with van der Waals surface area (Å²) in [6, 6.07) is 165. The molecule has 0 fully saturated rings. The van der Waals surface area contributed by atoms with Gasteiger partial charge in [-0.1, -0.05) is 297 Å². The highest BCUT2D eigenvalue weighted by Gasteiger charge is 2.25. The maximum Gasteiger partial charge on any atom is 0.145 e. The van der Waals surface area contributed by atoms with Crippen LogP contribution < -0.4 is 0 Å². The molecule has 0 aliphatic heterocycles. The van der Waals surface area contributed by atoms with Gasteiger partial charge in [0.25, 0.3) is 0 Å². The van der Waals surface area contributed by atoms with E-state index in [9.17, 15) is 0 Å². The summed E-state index contributed by atoms with van der Waals surface area (Å²) in [5.41, 5.74) is 30.5. The Hall–Kier alpha value is -17.7. The standard InChI is InChI=1S/3C35H24N2.C23H15NO/c1-36-32-17-9-7-14-26(32)30-21-23(19-20-33(30)36)29-22-31-27-15-8-10-18-34(27)37(24-11-3-2-4-12-24)35(31)28-16-6-5-13-25(28)29;1-36-31-14-8-7-13-28(31)29-21-24(16-18-32(29)36)25-17-19-33-30(22-25)35-27-12-6-5-9-23(27)15-20-34(35)37(33)26-10-3-2-4-11-26;1-36-32-14-8-7-13-28(32)30-21-24(16-19-33(30)36)25-17-20-34-31(22-25)29-18-15-23-9-5-6-12-27(23)35(29)37(34)26-10-3-2-4-11-26;1-24-19-9-5-4-8-18(19)21-20(24)13-12-17-16-11-10-14-6-2-3-7-15(14)22(16)25-23(17)21/h3*2-22H,1H3;2-13H,1H3. The molecule has 0 spiro atoms. The first kappa shape index (κ1) is 78.2. The molecule has 0 bridgehead atoms. The Morgan fingerprint density at radius 1 is 0.154 bits per heavy atom. The number of nitrogens with zero attached hydrogens (tertiary/aromatic N) is 7. The minimum Gasteiger partial charge on any atom is -0.455 e. The molecule has 0 N–H and O–H groups in total. The average Bonchev–Trinajstić information content (AvgIpc) is 1.54. The number of hydrogen-bond acceptors (Lipinski definition) is 1. The summed E-state index contributed by atoms with van der Waals surface area (Å²) in [5.74, 6) is 0. The number of aromatic nitrogens is 7. The first-order valence-electron chi connectivity index (χ1n) is 46.8. The van der Waals surface area contributed by atoms with E-state index in [2.05, 4.69) is 515 Å². The molecule has 0 saturated carbocycles. The third kappa shape index (κ3) is 12.0. The molecule has 30 rings (SSSR count). The molecule has 0 amide bonds. The first-order valence-corrected chi connectivity index (χ1v) is 46.8. The molecule has 30 aromatic rings. The molecule has 8 heteroatoms. The number of benzene rings is 22. The van der Waals surface area contributed by atoms with Gasteiger partial charge in [0.2, 0.25) is 0 Å². The van der Waals surface area contributed by atoms with Crippen LogP contribution in [-0.2, 0) is 28.2 Å². The summed E-state index contributed by atoms with van der Waals surface area (Å²) >= 11 is 0. The molecule has 136 heavy (non-hydrogen) atoms. The maximum absolute atomic E-state index is 6.49. The fourth-order valence-electron chi connectivity index (χ4n) is 22.8. The largest absolute Gasteiger partial charge is 0.455 e. The van der Waals surface area contributed by atoms with Gasteiger partial charge in [0.05, 0.1) is 44.0 Å². The van der Waals surface area contributed by atoms with Gasteiger partial charge < -0.3 is 36.4 Å². The van der Waals surface area contributed by atoms with Crippen LogP contribution in [0.25, 0.3) is 268 Å². The van der Waals surface area contributed by atoms with Crippen LogP contribution in [0.3, 0.4) is 0 Å². The molecular weight excluding hydrogens is 1650 g/mol. The number of furan rings is 1. The van der Waals surface area contributed by atoms with E-state index in [1.165, 1.54) is 257 Å². The zero-order valence-electron chi connectivity index (χ0n) is 75.3. The van der Waals surface area contributed by atoms with Gasteiger partial charge in [-0.3, -0.25) is 0 Å². The third-order valence-corrected chi connectivity index (χ3v) is 29.1. The molecule has 22 aromatic carbocycles. The lowest BCUT2D eigenvalue weighted by Gasteiger charge is -2.13. The summed E-state index contributed by atoms with van der Waals surface area (Å²) in [6.45, 7) is 0. The number of rotatable bonds is 6. The predicted molar refractivity (Wildman–Crippen MR) is 578 cm³/mol. The molecule has 0 radical (unpaired) electrons. The lowest BCUT2D eigenvalue weighted by Crippen LogP contribution is -1.94. The smallest absolute Gasteiger partial charge is 0.145 e. The summed E-state index contributed by atoms with van der Waals surface area (Å²) in [7, 11) is 8.58. The van der Waals surface area contributed by atoms with Crippen LogP contribution >= 0.6 is 0 Å². The van der Waals surface area contributed by atoms with Gasteiger partial charge in [-0.15, -0.1) is 0 Å². The second kappa shape index (κ2) is 31.0. The van der Waals surface area contributed by atoms with Crippen LogP contribution in [0.15, 0.2) is 459 Å². The Morgan fingerprint density at radius 2 is 0.456 bits per heavy atom. The van der Waals surface area contributed by atoms with Crippen molar-refractivity contribution in [1.82, 2.24) is 32.0 Å². The Labute approximate surface area is 782 Å². The second-order valence-electron chi connectivity index (χ2n) is 36.3.